The minimum Gasteiger partial charge on any atom is -0.490 e. The zero-order valence-electron chi connectivity index (χ0n) is 14.9. The summed E-state index contributed by atoms with van der Waals surface area (Å²) in [6.07, 6.45) is -4.14. The second kappa shape index (κ2) is 8.73. The van der Waals surface area contributed by atoms with Crippen LogP contribution >= 0.6 is 0 Å². The van der Waals surface area contributed by atoms with Crippen molar-refractivity contribution in [1.82, 2.24) is 10.2 Å². The number of rotatable bonds is 6. The maximum atomic E-state index is 12.9. The summed E-state index contributed by atoms with van der Waals surface area (Å²) in [6, 6.07) is 5.11. The second-order valence-electron chi connectivity index (χ2n) is 6.75. The average Bonchev–Trinajstić information content (AvgIpc) is 2.58. The number of aliphatic hydroxyl groups excluding tert-OH is 1. The zero-order valence-corrected chi connectivity index (χ0v) is 14.9. The maximum absolute atomic E-state index is 12.9. The fourth-order valence-corrected chi connectivity index (χ4v) is 3.14. The summed E-state index contributed by atoms with van der Waals surface area (Å²) in [5.41, 5.74) is -0.889. The van der Waals surface area contributed by atoms with E-state index in [1.165, 1.54) is 23.1 Å². The number of aliphatic hydroxyl groups is 1. The number of alkyl halides is 3. The van der Waals surface area contributed by atoms with Crippen LogP contribution in [0.15, 0.2) is 24.3 Å². The van der Waals surface area contributed by atoms with Crippen molar-refractivity contribution >= 4 is 5.91 Å². The highest BCUT2D eigenvalue weighted by Crippen LogP contribution is 2.35. The van der Waals surface area contributed by atoms with Gasteiger partial charge in [-0.1, -0.05) is 12.1 Å². The Kier molecular flexibility index (Phi) is 6.88. The van der Waals surface area contributed by atoms with Gasteiger partial charge >= 0.3 is 6.18 Å². The number of piperidine rings is 1. The molecule has 1 heterocycles. The molecule has 1 unspecified atom stereocenters. The first-order valence-electron chi connectivity index (χ1n) is 8.64. The predicted octanol–water partition coefficient (Wildman–Crippen LogP) is 2.29. The molecule has 5 nitrogen and oxygen atoms in total. The van der Waals surface area contributed by atoms with E-state index in [0.717, 1.165) is 25.5 Å². The molecule has 1 fully saturated rings. The standard InChI is InChI=1S/C18H25F3N2O3/c1-12-9-13(7-8-22-12)17(25)23(2)10-14(24)11-26-16-6-4-3-5-15(16)18(19,20)21/h3-6,12-14,22,24H,7-11H2,1-2H3/t12-,13-,14?/m0/s1. The molecule has 2 N–H and O–H groups in total. The number of nitrogens with one attached hydrogen (secondary N) is 1. The second-order valence-corrected chi connectivity index (χ2v) is 6.75. The van der Waals surface area contributed by atoms with Gasteiger partial charge in [-0.2, -0.15) is 13.2 Å². The van der Waals surface area contributed by atoms with Crippen molar-refractivity contribution in [3.05, 3.63) is 29.8 Å². The quantitative estimate of drug-likeness (QED) is 0.802. The molecular weight excluding hydrogens is 349 g/mol. The van der Waals surface area contributed by atoms with E-state index in [1.807, 2.05) is 6.92 Å². The van der Waals surface area contributed by atoms with Crippen molar-refractivity contribution in [3.8, 4) is 5.75 Å². The summed E-state index contributed by atoms with van der Waals surface area (Å²) in [7, 11) is 1.59. The third kappa shape index (κ3) is 5.60. The molecule has 0 radical (unpaired) electrons. The van der Waals surface area contributed by atoms with Crippen LogP contribution in [0, 0.1) is 5.92 Å². The van der Waals surface area contributed by atoms with Gasteiger partial charge in [0.05, 0.1) is 5.56 Å². The number of ether oxygens (including phenoxy) is 1. The SMILES string of the molecule is C[C@H]1C[C@@H](C(=O)N(C)CC(O)COc2ccccc2C(F)(F)F)CCN1. The van der Waals surface area contributed by atoms with Crippen LogP contribution in [-0.4, -0.2) is 54.8 Å². The molecule has 0 bridgehead atoms. The summed E-state index contributed by atoms with van der Waals surface area (Å²) in [5, 5.41) is 13.3. The van der Waals surface area contributed by atoms with Crippen LogP contribution in [0.2, 0.25) is 0 Å². The van der Waals surface area contributed by atoms with Gasteiger partial charge in [0.15, 0.2) is 0 Å². The van der Waals surface area contributed by atoms with E-state index in [4.69, 9.17) is 4.74 Å². The van der Waals surface area contributed by atoms with Crippen LogP contribution in [0.25, 0.3) is 0 Å². The van der Waals surface area contributed by atoms with Gasteiger partial charge in [0.1, 0.15) is 18.5 Å². The molecule has 1 amide bonds. The van der Waals surface area contributed by atoms with E-state index in [1.54, 1.807) is 7.05 Å². The Morgan fingerprint density at radius 3 is 2.77 bits per heavy atom. The minimum atomic E-state index is -4.53. The summed E-state index contributed by atoms with van der Waals surface area (Å²) >= 11 is 0. The lowest BCUT2D eigenvalue weighted by Gasteiger charge is -2.31. The smallest absolute Gasteiger partial charge is 0.419 e. The van der Waals surface area contributed by atoms with Gasteiger partial charge in [0.2, 0.25) is 5.91 Å². The number of amides is 1. The molecule has 1 aromatic carbocycles. The van der Waals surface area contributed by atoms with Crippen LogP contribution in [-0.2, 0) is 11.0 Å². The Morgan fingerprint density at radius 1 is 1.42 bits per heavy atom. The Balaban J connectivity index is 1.87. The largest absolute Gasteiger partial charge is 0.490 e. The lowest BCUT2D eigenvalue weighted by Crippen LogP contribution is -2.45. The zero-order chi connectivity index (χ0) is 19.3. The maximum Gasteiger partial charge on any atom is 0.419 e. The number of likely N-dealkylation sites (N-methyl/N-ethyl adjacent to an activating group) is 1. The highest BCUT2D eigenvalue weighted by atomic mass is 19.4. The van der Waals surface area contributed by atoms with E-state index < -0.39 is 17.8 Å². The third-order valence-corrected chi connectivity index (χ3v) is 4.46. The highest BCUT2D eigenvalue weighted by molar-refractivity contribution is 5.78. The van der Waals surface area contributed by atoms with Gasteiger partial charge in [0.25, 0.3) is 0 Å². The van der Waals surface area contributed by atoms with Gasteiger partial charge < -0.3 is 20.1 Å². The fourth-order valence-electron chi connectivity index (χ4n) is 3.14. The van der Waals surface area contributed by atoms with E-state index >= 15 is 0 Å². The topological polar surface area (TPSA) is 61.8 Å². The predicted molar refractivity (Wildman–Crippen MR) is 90.8 cm³/mol. The molecule has 0 spiro atoms. The van der Waals surface area contributed by atoms with Gasteiger partial charge in [-0.3, -0.25) is 4.79 Å². The van der Waals surface area contributed by atoms with E-state index in [9.17, 15) is 23.1 Å². The molecule has 1 saturated heterocycles. The number of benzene rings is 1. The van der Waals surface area contributed by atoms with Crippen molar-refractivity contribution in [1.29, 1.82) is 0 Å². The summed E-state index contributed by atoms with van der Waals surface area (Å²) in [6.45, 7) is 2.46. The average molecular weight is 374 g/mol. The van der Waals surface area contributed by atoms with Gasteiger partial charge in [0, 0.05) is 25.6 Å². The number of hydrogen-bond donors (Lipinski definition) is 2. The molecule has 3 atom stereocenters. The number of halogens is 3. The molecular formula is C18H25F3N2O3. The molecule has 146 valence electrons. The first-order valence-corrected chi connectivity index (χ1v) is 8.64. The number of para-hydroxylation sites is 1. The number of carbonyl (C=O) groups excluding carboxylic acids is 1. The monoisotopic (exact) mass is 374 g/mol. The summed E-state index contributed by atoms with van der Waals surface area (Å²) < 4.78 is 43.9. The summed E-state index contributed by atoms with van der Waals surface area (Å²) in [4.78, 5) is 13.9. The molecule has 0 aromatic heterocycles. The van der Waals surface area contributed by atoms with Gasteiger partial charge in [-0.25, -0.2) is 0 Å². The highest BCUT2D eigenvalue weighted by Gasteiger charge is 2.34. The number of carbonyl (C=O) groups is 1. The Hall–Kier alpha value is -1.80. The molecule has 0 saturated carbocycles. The lowest BCUT2D eigenvalue weighted by atomic mass is 9.92. The minimum absolute atomic E-state index is 0.00529. The Bertz CT molecular complexity index is 610. The summed E-state index contributed by atoms with van der Waals surface area (Å²) in [5.74, 6) is -0.497. The van der Waals surface area contributed by atoms with Crippen LogP contribution in [0.5, 0.6) is 5.75 Å². The molecule has 1 aliphatic rings. The normalized spacial score (nSPS) is 21.9. The van der Waals surface area contributed by atoms with Crippen LogP contribution in [0.4, 0.5) is 13.2 Å². The van der Waals surface area contributed by atoms with Crippen molar-refractivity contribution in [2.24, 2.45) is 5.92 Å². The Labute approximate surface area is 151 Å². The molecule has 1 aliphatic heterocycles. The fraction of sp³-hybridized carbons (Fsp3) is 0.611. The molecule has 1 aromatic rings. The molecule has 8 heteroatoms. The van der Waals surface area contributed by atoms with Gasteiger partial charge in [-0.15, -0.1) is 0 Å². The third-order valence-electron chi connectivity index (χ3n) is 4.46. The lowest BCUT2D eigenvalue weighted by molar-refractivity contribution is -0.139. The van der Waals surface area contributed by atoms with Crippen molar-refractivity contribution in [2.75, 3.05) is 26.7 Å². The molecule has 2 rings (SSSR count). The first-order chi connectivity index (χ1) is 12.2. The number of nitrogens with zero attached hydrogens (tertiary/aromatic N) is 1. The van der Waals surface area contributed by atoms with Crippen LogP contribution in [0.1, 0.15) is 25.3 Å². The molecule has 26 heavy (non-hydrogen) atoms. The van der Waals surface area contributed by atoms with Crippen molar-refractivity contribution in [3.63, 3.8) is 0 Å². The van der Waals surface area contributed by atoms with Crippen LogP contribution in [0.3, 0.4) is 0 Å². The van der Waals surface area contributed by atoms with E-state index in [2.05, 4.69) is 5.32 Å². The van der Waals surface area contributed by atoms with Gasteiger partial charge in [-0.05, 0) is 38.4 Å². The van der Waals surface area contributed by atoms with Crippen LogP contribution < -0.4 is 10.1 Å². The Morgan fingerprint density at radius 2 is 2.12 bits per heavy atom. The van der Waals surface area contributed by atoms with Crippen molar-refractivity contribution < 1.29 is 27.8 Å². The van der Waals surface area contributed by atoms with Crippen molar-refractivity contribution in [2.45, 2.75) is 38.1 Å². The van der Waals surface area contributed by atoms with E-state index in [0.29, 0.717) is 0 Å². The number of hydrogen-bond acceptors (Lipinski definition) is 4. The first kappa shape index (κ1) is 20.5. The molecule has 0 aliphatic carbocycles. The van der Waals surface area contributed by atoms with E-state index in [-0.39, 0.29) is 36.8 Å².